The van der Waals surface area contributed by atoms with Gasteiger partial charge in [0.1, 0.15) is 5.69 Å². The highest BCUT2D eigenvalue weighted by Crippen LogP contribution is 2.25. The molecule has 6 heteroatoms. The van der Waals surface area contributed by atoms with Crippen LogP contribution in [0.15, 0.2) is 24.4 Å². The molecular formula is C14H17N3O2S. The Morgan fingerprint density at radius 2 is 2.25 bits per heavy atom. The first-order valence-electron chi connectivity index (χ1n) is 6.52. The van der Waals surface area contributed by atoms with Crippen LogP contribution in [0.25, 0.3) is 0 Å². The first-order chi connectivity index (χ1) is 9.60. The van der Waals surface area contributed by atoms with Crippen molar-refractivity contribution in [2.75, 3.05) is 11.9 Å². The fraction of sp³-hybridized carbons (Fsp3) is 0.357. The van der Waals surface area contributed by atoms with Crippen LogP contribution in [0, 0.1) is 17.0 Å². The van der Waals surface area contributed by atoms with Crippen LogP contribution < -0.4 is 5.32 Å². The van der Waals surface area contributed by atoms with Gasteiger partial charge in [0.2, 0.25) is 0 Å². The van der Waals surface area contributed by atoms with Crippen LogP contribution in [0.1, 0.15) is 22.4 Å². The first kappa shape index (κ1) is 14.5. The van der Waals surface area contributed by atoms with E-state index in [1.807, 2.05) is 19.2 Å². The summed E-state index contributed by atoms with van der Waals surface area (Å²) in [5, 5.41) is 15.2. The van der Waals surface area contributed by atoms with Gasteiger partial charge in [-0.2, -0.15) is 0 Å². The molecule has 0 bridgehead atoms. The molecule has 1 aromatic heterocycles. The number of nitrogens with one attached hydrogen (secondary N) is 1. The monoisotopic (exact) mass is 291 g/mol. The molecule has 0 saturated carbocycles. The van der Waals surface area contributed by atoms with Gasteiger partial charge in [-0.15, -0.1) is 11.3 Å². The Kier molecular flexibility index (Phi) is 4.68. The van der Waals surface area contributed by atoms with Crippen LogP contribution in [0.3, 0.4) is 0 Å². The second-order valence-electron chi connectivity index (χ2n) is 4.53. The van der Waals surface area contributed by atoms with Crippen LogP contribution in [-0.2, 0) is 12.8 Å². The lowest BCUT2D eigenvalue weighted by atomic mass is 10.2. The summed E-state index contributed by atoms with van der Waals surface area (Å²) in [5.74, 6) is 0. The van der Waals surface area contributed by atoms with Crippen molar-refractivity contribution in [2.24, 2.45) is 0 Å². The minimum Gasteiger partial charge on any atom is -0.379 e. The molecule has 0 spiro atoms. The lowest BCUT2D eigenvalue weighted by molar-refractivity contribution is -0.384. The maximum absolute atomic E-state index is 11.0. The van der Waals surface area contributed by atoms with E-state index in [0.29, 0.717) is 12.2 Å². The Hall–Kier alpha value is -1.95. The molecular weight excluding hydrogens is 274 g/mol. The number of hydrogen-bond donors (Lipinski definition) is 1. The number of aromatic nitrogens is 1. The van der Waals surface area contributed by atoms with Crippen LogP contribution >= 0.6 is 11.3 Å². The average molecular weight is 291 g/mol. The molecule has 20 heavy (non-hydrogen) atoms. The van der Waals surface area contributed by atoms with Gasteiger partial charge in [-0.3, -0.25) is 10.1 Å². The summed E-state index contributed by atoms with van der Waals surface area (Å²) in [6, 6.07) is 5.21. The summed E-state index contributed by atoms with van der Waals surface area (Å²) in [6.45, 7) is 4.59. The Morgan fingerprint density at radius 1 is 1.45 bits per heavy atom. The quantitative estimate of drug-likeness (QED) is 0.652. The van der Waals surface area contributed by atoms with Crippen molar-refractivity contribution in [3.8, 4) is 0 Å². The van der Waals surface area contributed by atoms with Crippen molar-refractivity contribution >= 4 is 22.7 Å². The van der Waals surface area contributed by atoms with E-state index in [2.05, 4.69) is 17.2 Å². The van der Waals surface area contributed by atoms with Gasteiger partial charge < -0.3 is 5.32 Å². The highest BCUT2D eigenvalue weighted by Gasteiger charge is 2.13. The van der Waals surface area contributed by atoms with E-state index in [1.165, 1.54) is 4.88 Å². The normalized spacial score (nSPS) is 10.5. The van der Waals surface area contributed by atoms with Crippen molar-refractivity contribution in [1.29, 1.82) is 0 Å². The fourth-order valence-corrected chi connectivity index (χ4v) is 2.74. The van der Waals surface area contributed by atoms with Crippen LogP contribution in [-0.4, -0.2) is 16.5 Å². The molecule has 0 saturated heterocycles. The fourth-order valence-electron chi connectivity index (χ4n) is 1.87. The molecule has 1 heterocycles. The molecule has 0 aliphatic carbocycles. The maximum Gasteiger partial charge on any atom is 0.292 e. The second kappa shape index (κ2) is 6.47. The number of nitro groups is 1. The van der Waals surface area contributed by atoms with Gasteiger partial charge in [-0.25, -0.2) is 4.98 Å². The minimum absolute atomic E-state index is 0.124. The van der Waals surface area contributed by atoms with E-state index in [-0.39, 0.29) is 10.6 Å². The van der Waals surface area contributed by atoms with Crippen molar-refractivity contribution in [3.63, 3.8) is 0 Å². The van der Waals surface area contributed by atoms with Crippen molar-refractivity contribution in [1.82, 2.24) is 4.98 Å². The molecule has 0 fully saturated rings. The lowest BCUT2D eigenvalue weighted by Gasteiger charge is -2.06. The van der Waals surface area contributed by atoms with Gasteiger partial charge in [0.05, 0.1) is 9.93 Å². The van der Waals surface area contributed by atoms with Gasteiger partial charge in [-0.05, 0) is 25.0 Å². The molecule has 0 aliphatic heterocycles. The molecule has 106 valence electrons. The summed E-state index contributed by atoms with van der Waals surface area (Å²) in [5.41, 5.74) is 1.57. The van der Waals surface area contributed by atoms with Gasteiger partial charge in [0.15, 0.2) is 0 Å². The predicted molar refractivity (Wildman–Crippen MR) is 81.5 cm³/mol. The summed E-state index contributed by atoms with van der Waals surface area (Å²) < 4.78 is 0. The number of nitro benzene ring substituents is 1. The summed E-state index contributed by atoms with van der Waals surface area (Å²) in [6.07, 6.45) is 3.67. The zero-order chi connectivity index (χ0) is 14.5. The topological polar surface area (TPSA) is 68.1 Å². The standard InChI is InChI=1S/C14H17N3O2S/c1-3-11-9-16-14(20-11)6-7-15-12-5-4-10(2)8-13(12)17(18)19/h4-5,8-9,15H,3,6-7H2,1-2H3. The predicted octanol–water partition coefficient (Wildman–Crippen LogP) is 3.58. The third-order valence-electron chi connectivity index (χ3n) is 2.95. The summed E-state index contributed by atoms with van der Waals surface area (Å²) >= 11 is 1.70. The van der Waals surface area contributed by atoms with Gasteiger partial charge in [-0.1, -0.05) is 13.0 Å². The van der Waals surface area contributed by atoms with E-state index in [1.54, 1.807) is 23.5 Å². The van der Waals surface area contributed by atoms with E-state index >= 15 is 0 Å². The number of hydrogen-bond acceptors (Lipinski definition) is 5. The maximum atomic E-state index is 11.0. The molecule has 1 aromatic carbocycles. The molecule has 0 amide bonds. The number of anilines is 1. The molecule has 2 aromatic rings. The van der Waals surface area contributed by atoms with Gasteiger partial charge in [0, 0.05) is 30.1 Å². The Bertz CT molecular complexity index is 610. The SMILES string of the molecule is CCc1cnc(CCNc2ccc(C)cc2[N+](=O)[O-])s1. The zero-order valence-corrected chi connectivity index (χ0v) is 12.4. The van der Waals surface area contributed by atoms with Gasteiger partial charge in [0.25, 0.3) is 5.69 Å². The third kappa shape index (κ3) is 3.54. The number of rotatable bonds is 6. The van der Waals surface area contributed by atoms with Crippen LogP contribution in [0.2, 0.25) is 0 Å². The number of benzene rings is 1. The highest BCUT2D eigenvalue weighted by molar-refractivity contribution is 7.11. The smallest absolute Gasteiger partial charge is 0.292 e. The number of nitrogens with zero attached hydrogens (tertiary/aromatic N) is 2. The Labute approximate surface area is 121 Å². The van der Waals surface area contributed by atoms with Crippen molar-refractivity contribution in [3.05, 3.63) is 50.0 Å². The molecule has 0 unspecified atom stereocenters. The van der Waals surface area contributed by atoms with Crippen LogP contribution in [0.5, 0.6) is 0 Å². The molecule has 2 rings (SSSR count). The third-order valence-corrected chi connectivity index (χ3v) is 4.16. The lowest BCUT2D eigenvalue weighted by Crippen LogP contribution is -2.06. The number of thiazole rings is 1. The molecule has 5 nitrogen and oxygen atoms in total. The Morgan fingerprint density at radius 3 is 2.90 bits per heavy atom. The molecule has 0 radical (unpaired) electrons. The molecule has 0 atom stereocenters. The van der Waals surface area contributed by atoms with Crippen molar-refractivity contribution < 1.29 is 4.92 Å². The van der Waals surface area contributed by atoms with Crippen molar-refractivity contribution in [2.45, 2.75) is 26.7 Å². The van der Waals surface area contributed by atoms with Gasteiger partial charge >= 0.3 is 0 Å². The average Bonchev–Trinajstić information content (AvgIpc) is 2.88. The summed E-state index contributed by atoms with van der Waals surface area (Å²) in [7, 11) is 0. The summed E-state index contributed by atoms with van der Waals surface area (Å²) in [4.78, 5) is 16.3. The second-order valence-corrected chi connectivity index (χ2v) is 5.73. The molecule has 0 aliphatic rings. The van der Waals surface area contributed by atoms with E-state index in [9.17, 15) is 10.1 Å². The largest absolute Gasteiger partial charge is 0.379 e. The minimum atomic E-state index is -0.353. The first-order valence-corrected chi connectivity index (χ1v) is 7.34. The van der Waals surface area contributed by atoms with E-state index in [4.69, 9.17) is 0 Å². The van der Waals surface area contributed by atoms with E-state index in [0.717, 1.165) is 23.4 Å². The Balaban J connectivity index is 1.98. The van der Waals surface area contributed by atoms with E-state index < -0.39 is 0 Å². The number of aryl methyl sites for hydroxylation is 2. The highest BCUT2D eigenvalue weighted by atomic mass is 32.1. The molecule has 1 N–H and O–H groups in total. The zero-order valence-electron chi connectivity index (χ0n) is 11.5. The van der Waals surface area contributed by atoms with Crippen LogP contribution in [0.4, 0.5) is 11.4 Å².